The van der Waals surface area contributed by atoms with Crippen LogP contribution in [0.15, 0.2) is 18.2 Å². The summed E-state index contributed by atoms with van der Waals surface area (Å²) in [7, 11) is 3.69. The second-order valence-electron chi connectivity index (χ2n) is 6.38. The number of anilines is 2. The van der Waals surface area contributed by atoms with Crippen LogP contribution in [-0.2, 0) is 11.0 Å². The van der Waals surface area contributed by atoms with Crippen molar-refractivity contribution in [1.82, 2.24) is 4.90 Å². The molecular formula is C17H24F3N3O. The molecule has 2 rings (SSSR count). The number of halogens is 3. The van der Waals surface area contributed by atoms with E-state index in [2.05, 4.69) is 5.32 Å². The zero-order valence-electron chi connectivity index (χ0n) is 14.1. The first-order chi connectivity index (χ1) is 11.3. The van der Waals surface area contributed by atoms with Crippen molar-refractivity contribution in [1.29, 1.82) is 0 Å². The van der Waals surface area contributed by atoms with Gasteiger partial charge < -0.3 is 15.1 Å². The van der Waals surface area contributed by atoms with Crippen molar-refractivity contribution in [2.24, 2.45) is 0 Å². The predicted octanol–water partition coefficient (Wildman–Crippen LogP) is 3.59. The molecular weight excluding hydrogens is 319 g/mol. The normalized spacial score (nSPS) is 15.7. The lowest BCUT2D eigenvalue weighted by atomic mass is 10.1. The maximum atomic E-state index is 13.0. The Morgan fingerprint density at radius 1 is 1.21 bits per heavy atom. The third-order valence-electron chi connectivity index (χ3n) is 4.08. The second-order valence-corrected chi connectivity index (χ2v) is 6.38. The quantitative estimate of drug-likeness (QED) is 0.887. The fraction of sp³-hybridized carbons (Fsp3) is 0.588. The smallest absolute Gasteiger partial charge is 0.370 e. The minimum Gasteiger partial charge on any atom is -0.370 e. The van der Waals surface area contributed by atoms with Gasteiger partial charge in [0.2, 0.25) is 5.91 Å². The first-order valence-corrected chi connectivity index (χ1v) is 8.18. The number of hydrogen-bond acceptors (Lipinski definition) is 3. The molecule has 1 saturated heterocycles. The van der Waals surface area contributed by atoms with Gasteiger partial charge in [-0.1, -0.05) is 0 Å². The highest BCUT2D eigenvalue weighted by Gasteiger charge is 2.31. The number of nitrogens with zero attached hydrogens (tertiary/aromatic N) is 2. The minimum atomic E-state index is -4.43. The number of rotatable bonds is 5. The number of carbonyl (C=O) groups is 1. The summed E-state index contributed by atoms with van der Waals surface area (Å²) in [4.78, 5) is 16.0. The first kappa shape index (κ1) is 18.6. The number of benzene rings is 1. The molecule has 1 aliphatic rings. The van der Waals surface area contributed by atoms with E-state index in [1.165, 1.54) is 6.07 Å². The molecule has 1 amide bonds. The summed E-state index contributed by atoms with van der Waals surface area (Å²) in [6, 6.07) is 3.59. The van der Waals surface area contributed by atoms with Gasteiger partial charge in [0, 0.05) is 26.1 Å². The van der Waals surface area contributed by atoms with Gasteiger partial charge in [0.25, 0.3) is 0 Å². The molecule has 1 aromatic rings. The monoisotopic (exact) mass is 343 g/mol. The van der Waals surface area contributed by atoms with Crippen molar-refractivity contribution in [3.8, 4) is 0 Å². The molecule has 1 aromatic carbocycles. The van der Waals surface area contributed by atoms with Gasteiger partial charge in [0.1, 0.15) is 0 Å². The molecule has 24 heavy (non-hydrogen) atoms. The summed E-state index contributed by atoms with van der Waals surface area (Å²) in [6.45, 7) is 2.14. The van der Waals surface area contributed by atoms with Crippen molar-refractivity contribution in [3.05, 3.63) is 23.8 Å². The van der Waals surface area contributed by atoms with Crippen LogP contribution in [0.2, 0.25) is 0 Å². The molecule has 0 bridgehead atoms. The number of hydrogen-bond donors (Lipinski definition) is 1. The second kappa shape index (κ2) is 7.88. The first-order valence-electron chi connectivity index (χ1n) is 8.18. The lowest BCUT2D eigenvalue weighted by Gasteiger charge is -2.31. The van der Waals surface area contributed by atoms with E-state index in [1.54, 1.807) is 0 Å². The van der Waals surface area contributed by atoms with Gasteiger partial charge in [-0.15, -0.1) is 0 Å². The lowest BCUT2D eigenvalue weighted by molar-refractivity contribution is -0.137. The number of piperidine rings is 1. The average Bonchev–Trinajstić information content (AvgIpc) is 2.53. The molecule has 134 valence electrons. The van der Waals surface area contributed by atoms with Gasteiger partial charge in [0.15, 0.2) is 0 Å². The number of amides is 1. The third kappa shape index (κ3) is 5.12. The van der Waals surface area contributed by atoms with Crippen LogP contribution >= 0.6 is 0 Å². The molecule has 1 heterocycles. The predicted molar refractivity (Wildman–Crippen MR) is 89.3 cm³/mol. The number of alkyl halides is 3. The van der Waals surface area contributed by atoms with E-state index in [9.17, 15) is 18.0 Å². The molecule has 0 saturated carbocycles. The summed E-state index contributed by atoms with van der Waals surface area (Å²) < 4.78 is 39.0. The summed E-state index contributed by atoms with van der Waals surface area (Å²) in [5.74, 6) is -0.277. The lowest BCUT2D eigenvalue weighted by Crippen LogP contribution is -2.31. The van der Waals surface area contributed by atoms with E-state index in [4.69, 9.17) is 0 Å². The maximum absolute atomic E-state index is 13.0. The summed E-state index contributed by atoms with van der Waals surface area (Å²) in [6.07, 6.45) is -1.04. The average molecular weight is 343 g/mol. The van der Waals surface area contributed by atoms with Crippen LogP contribution in [0.4, 0.5) is 24.5 Å². The zero-order chi connectivity index (χ0) is 17.7. The highest BCUT2D eigenvalue weighted by atomic mass is 19.4. The molecule has 0 radical (unpaired) electrons. The summed E-state index contributed by atoms with van der Waals surface area (Å²) in [5, 5.41) is 2.67. The Morgan fingerprint density at radius 3 is 2.46 bits per heavy atom. The Kier molecular flexibility index (Phi) is 6.10. The van der Waals surface area contributed by atoms with E-state index >= 15 is 0 Å². The SMILES string of the molecule is CN(C)CCC(=O)Nc1cc(C(F)(F)F)ccc1N1CCCCC1. The molecule has 1 aliphatic heterocycles. The molecule has 0 aliphatic carbocycles. The van der Waals surface area contributed by atoms with E-state index in [0.29, 0.717) is 12.2 Å². The Morgan fingerprint density at radius 2 is 1.88 bits per heavy atom. The zero-order valence-corrected chi connectivity index (χ0v) is 14.1. The van der Waals surface area contributed by atoms with E-state index in [0.717, 1.165) is 44.5 Å². The van der Waals surface area contributed by atoms with Gasteiger partial charge in [-0.25, -0.2) is 0 Å². The third-order valence-corrected chi connectivity index (χ3v) is 4.08. The van der Waals surface area contributed by atoms with Gasteiger partial charge in [-0.3, -0.25) is 4.79 Å². The largest absolute Gasteiger partial charge is 0.416 e. The summed E-state index contributed by atoms with van der Waals surface area (Å²) >= 11 is 0. The van der Waals surface area contributed by atoms with Crippen molar-refractivity contribution in [2.75, 3.05) is 43.9 Å². The summed E-state index contributed by atoms with van der Waals surface area (Å²) in [5.41, 5.74) is 0.169. The Bertz CT molecular complexity index is 567. The Balaban J connectivity index is 2.24. The van der Waals surface area contributed by atoms with Crippen LogP contribution in [0.1, 0.15) is 31.2 Å². The van der Waals surface area contributed by atoms with Crippen molar-refractivity contribution in [2.45, 2.75) is 31.9 Å². The molecule has 0 spiro atoms. The molecule has 0 aromatic heterocycles. The topological polar surface area (TPSA) is 35.6 Å². The highest BCUT2D eigenvalue weighted by molar-refractivity contribution is 5.94. The highest BCUT2D eigenvalue weighted by Crippen LogP contribution is 2.36. The molecule has 0 unspecified atom stereocenters. The molecule has 1 fully saturated rings. The minimum absolute atomic E-state index is 0.239. The van der Waals surface area contributed by atoms with Crippen LogP contribution in [0.25, 0.3) is 0 Å². The molecule has 1 N–H and O–H groups in total. The fourth-order valence-electron chi connectivity index (χ4n) is 2.76. The van der Waals surface area contributed by atoms with Crippen LogP contribution in [-0.4, -0.2) is 44.5 Å². The molecule has 4 nitrogen and oxygen atoms in total. The number of nitrogens with one attached hydrogen (secondary N) is 1. The van der Waals surface area contributed by atoms with E-state index in [-0.39, 0.29) is 18.0 Å². The van der Waals surface area contributed by atoms with Crippen LogP contribution in [0.3, 0.4) is 0 Å². The molecule has 7 heteroatoms. The van der Waals surface area contributed by atoms with Gasteiger partial charge in [-0.05, 0) is 51.6 Å². The van der Waals surface area contributed by atoms with Crippen LogP contribution in [0, 0.1) is 0 Å². The van der Waals surface area contributed by atoms with Crippen LogP contribution in [0.5, 0.6) is 0 Å². The van der Waals surface area contributed by atoms with Crippen LogP contribution < -0.4 is 10.2 Å². The van der Waals surface area contributed by atoms with Crippen molar-refractivity contribution >= 4 is 17.3 Å². The van der Waals surface area contributed by atoms with Crippen molar-refractivity contribution < 1.29 is 18.0 Å². The van der Waals surface area contributed by atoms with Crippen molar-refractivity contribution in [3.63, 3.8) is 0 Å². The fourth-order valence-corrected chi connectivity index (χ4v) is 2.76. The molecule has 0 atom stereocenters. The standard InChI is InChI=1S/C17H24F3N3O/c1-22(2)11-8-16(24)21-14-12-13(17(18,19)20)6-7-15(14)23-9-4-3-5-10-23/h6-7,12H,3-5,8-11H2,1-2H3,(H,21,24). The van der Waals surface area contributed by atoms with Gasteiger partial charge >= 0.3 is 6.18 Å². The van der Waals surface area contributed by atoms with E-state index in [1.807, 2.05) is 23.9 Å². The van der Waals surface area contributed by atoms with E-state index < -0.39 is 11.7 Å². The Hall–Kier alpha value is -1.76. The Labute approximate surface area is 140 Å². The van der Waals surface area contributed by atoms with Gasteiger partial charge in [0.05, 0.1) is 16.9 Å². The maximum Gasteiger partial charge on any atom is 0.416 e. The van der Waals surface area contributed by atoms with Gasteiger partial charge in [-0.2, -0.15) is 13.2 Å². The number of carbonyl (C=O) groups excluding carboxylic acids is 1.